The molecule has 2 amide bonds. The summed E-state index contributed by atoms with van der Waals surface area (Å²) in [6, 6.07) is 8.51. The van der Waals surface area contributed by atoms with Crippen molar-refractivity contribution in [2.45, 2.75) is 51.5 Å². The fraction of sp³-hybridized carbons (Fsp3) is 0.619. The molecule has 180 valence electrons. The summed E-state index contributed by atoms with van der Waals surface area (Å²) in [6.45, 7) is 5.18. The van der Waals surface area contributed by atoms with Gasteiger partial charge in [-0.05, 0) is 32.8 Å². The quantitative estimate of drug-likeness (QED) is 0.548. The maximum absolute atomic E-state index is 12.5. The molecule has 1 heterocycles. The predicted molar refractivity (Wildman–Crippen MR) is 116 cm³/mol. The summed E-state index contributed by atoms with van der Waals surface area (Å²) in [5, 5.41) is 13.2. The molecule has 1 fully saturated rings. The maximum Gasteiger partial charge on any atom is 0.410 e. The summed E-state index contributed by atoms with van der Waals surface area (Å²) in [4.78, 5) is 26.1. The first-order valence-electron chi connectivity index (χ1n) is 10.3. The number of hydrogen-bond acceptors (Lipinski definition) is 8. The van der Waals surface area contributed by atoms with E-state index in [1.807, 2.05) is 30.3 Å². The van der Waals surface area contributed by atoms with E-state index in [0.717, 1.165) is 11.8 Å². The zero-order valence-electron chi connectivity index (χ0n) is 18.8. The Morgan fingerprint density at radius 1 is 1.22 bits per heavy atom. The number of aliphatic hydroxyl groups is 1. The van der Waals surface area contributed by atoms with Gasteiger partial charge in [0.15, 0.2) is 0 Å². The van der Waals surface area contributed by atoms with E-state index in [2.05, 4.69) is 5.32 Å². The highest BCUT2D eigenvalue weighted by Crippen LogP contribution is 2.24. The molecule has 11 heteroatoms. The number of nitrogens with one attached hydrogen (secondary N) is 1. The standard InChI is InChI=1S/C21H32N2O8S/c1-21(2,3)31-19(25)22-17(10-11-30-32(4,27)28)16-12-23(13-18(16)24)20(26)29-14-15-8-6-5-7-9-15/h5-9,16-18,24H,10-14H2,1-4H3,(H,22,25)/t16-,17-,18-/m0/s1. The molecule has 2 N–H and O–H groups in total. The number of likely N-dealkylation sites (tertiary alicyclic amines) is 1. The molecule has 1 saturated heterocycles. The van der Waals surface area contributed by atoms with Crippen molar-refractivity contribution in [3.05, 3.63) is 35.9 Å². The number of carbonyl (C=O) groups excluding carboxylic acids is 2. The van der Waals surface area contributed by atoms with E-state index >= 15 is 0 Å². The molecule has 0 aliphatic carbocycles. The lowest BCUT2D eigenvalue weighted by atomic mass is 9.94. The number of benzene rings is 1. The van der Waals surface area contributed by atoms with Crippen LogP contribution in [0.15, 0.2) is 30.3 Å². The van der Waals surface area contributed by atoms with Crippen molar-refractivity contribution in [3.8, 4) is 0 Å². The van der Waals surface area contributed by atoms with Gasteiger partial charge in [-0.3, -0.25) is 4.18 Å². The molecule has 0 unspecified atom stereocenters. The third-order valence-corrected chi connectivity index (χ3v) is 5.34. The van der Waals surface area contributed by atoms with Crippen molar-refractivity contribution in [2.24, 2.45) is 5.92 Å². The van der Waals surface area contributed by atoms with Crippen LogP contribution in [-0.2, 0) is 30.4 Å². The zero-order valence-corrected chi connectivity index (χ0v) is 19.6. The molecule has 3 atom stereocenters. The first kappa shape index (κ1) is 25.9. The number of alkyl carbamates (subject to hydrolysis) is 1. The summed E-state index contributed by atoms with van der Waals surface area (Å²) >= 11 is 0. The second kappa shape index (κ2) is 11.0. The SMILES string of the molecule is CC(C)(C)OC(=O)N[C@@H](CCOS(C)(=O)=O)[C@@H]1CN(C(=O)OCc2ccccc2)C[C@@H]1O. The minimum atomic E-state index is -3.66. The van der Waals surface area contributed by atoms with Gasteiger partial charge in [-0.1, -0.05) is 30.3 Å². The van der Waals surface area contributed by atoms with Crippen LogP contribution in [0.1, 0.15) is 32.8 Å². The molecule has 0 saturated carbocycles. The highest BCUT2D eigenvalue weighted by atomic mass is 32.2. The number of hydrogen-bond donors (Lipinski definition) is 2. The van der Waals surface area contributed by atoms with Crippen LogP contribution in [0, 0.1) is 5.92 Å². The molecule has 0 spiro atoms. The monoisotopic (exact) mass is 472 g/mol. The predicted octanol–water partition coefficient (Wildman–Crippen LogP) is 1.88. The van der Waals surface area contributed by atoms with Crippen LogP contribution >= 0.6 is 0 Å². The van der Waals surface area contributed by atoms with Crippen molar-refractivity contribution in [1.82, 2.24) is 10.2 Å². The van der Waals surface area contributed by atoms with Gasteiger partial charge < -0.3 is 24.8 Å². The third-order valence-electron chi connectivity index (χ3n) is 4.74. The normalized spacial score (nSPS) is 20.0. The molecule has 0 aromatic heterocycles. The van der Waals surface area contributed by atoms with Crippen LogP contribution in [0.4, 0.5) is 9.59 Å². The Morgan fingerprint density at radius 3 is 2.47 bits per heavy atom. The number of carbonyl (C=O) groups is 2. The lowest BCUT2D eigenvalue weighted by molar-refractivity contribution is 0.0439. The molecule has 0 bridgehead atoms. The summed E-state index contributed by atoms with van der Waals surface area (Å²) in [5.41, 5.74) is 0.0963. The number of nitrogens with zero attached hydrogens (tertiary/aromatic N) is 1. The van der Waals surface area contributed by atoms with Gasteiger partial charge in [-0.25, -0.2) is 9.59 Å². The third kappa shape index (κ3) is 9.01. The first-order chi connectivity index (χ1) is 14.8. The van der Waals surface area contributed by atoms with Gasteiger partial charge in [0.1, 0.15) is 12.2 Å². The Kier molecular flexibility index (Phi) is 8.88. The van der Waals surface area contributed by atoms with Crippen LogP contribution in [0.25, 0.3) is 0 Å². The Morgan fingerprint density at radius 2 is 1.88 bits per heavy atom. The van der Waals surface area contributed by atoms with Crippen molar-refractivity contribution >= 4 is 22.3 Å². The molecule has 0 radical (unpaired) electrons. The topological polar surface area (TPSA) is 131 Å². The number of amides is 2. The molecule has 1 aliphatic heterocycles. The van der Waals surface area contributed by atoms with Gasteiger partial charge in [0.2, 0.25) is 0 Å². The van der Waals surface area contributed by atoms with Crippen LogP contribution in [0.3, 0.4) is 0 Å². The average Bonchev–Trinajstić information content (AvgIpc) is 3.05. The van der Waals surface area contributed by atoms with Crippen LogP contribution in [0.2, 0.25) is 0 Å². The fourth-order valence-corrected chi connectivity index (χ4v) is 3.74. The molecule has 1 aromatic rings. The first-order valence-corrected chi connectivity index (χ1v) is 12.1. The minimum absolute atomic E-state index is 0.0255. The molecule has 1 aromatic carbocycles. The summed E-state index contributed by atoms with van der Waals surface area (Å²) < 4.78 is 38.0. The lowest BCUT2D eigenvalue weighted by Gasteiger charge is -2.28. The highest BCUT2D eigenvalue weighted by Gasteiger charge is 2.40. The van der Waals surface area contributed by atoms with Gasteiger partial charge >= 0.3 is 12.2 Å². The average molecular weight is 473 g/mol. The van der Waals surface area contributed by atoms with E-state index in [0.29, 0.717) is 0 Å². The summed E-state index contributed by atoms with van der Waals surface area (Å²) in [7, 11) is -3.66. The number of ether oxygens (including phenoxy) is 2. The van der Waals surface area contributed by atoms with E-state index in [4.69, 9.17) is 13.7 Å². The number of β-amino-alcohol motifs (C(OH)–C–C–N with tert-alkyl or cyclic N) is 1. The zero-order chi connectivity index (χ0) is 23.9. The van der Waals surface area contributed by atoms with E-state index in [1.165, 1.54) is 4.90 Å². The van der Waals surface area contributed by atoms with Crippen LogP contribution in [-0.4, -0.2) is 74.3 Å². The van der Waals surface area contributed by atoms with Gasteiger partial charge in [0.05, 0.1) is 25.5 Å². The lowest BCUT2D eigenvalue weighted by Crippen LogP contribution is -2.47. The molecule has 1 aliphatic rings. The van der Waals surface area contributed by atoms with Gasteiger partial charge in [0, 0.05) is 18.5 Å². The molecule has 32 heavy (non-hydrogen) atoms. The van der Waals surface area contributed by atoms with E-state index in [-0.39, 0.29) is 32.7 Å². The maximum atomic E-state index is 12.5. The molecular formula is C21H32N2O8S. The molecule has 10 nitrogen and oxygen atoms in total. The van der Waals surface area contributed by atoms with E-state index in [9.17, 15) is 23.1 Å². The van der Waals surface area contributed by atoms with Gasteiger partial charge in [-0.2, -0.15) is 8.42 Å². The Labute approximate surface area is 189 Å². The summed E-state index contributed by atoms with van der Waals surface area (Å²) in [5.74, 6) is -0.560. The fourth-order valence-electron chi connectivity index (χ4n) is 3.35. The van der Waals surface area contributed by atoms with Crippen molar-refractivity contribution in [1.29, 1.82) is 0 Å². The molecule has 2 rings (SSSR count). The van der Waals surface area contributed by atoms with Crippen LogP contribution < -0.4 is 5.32 Å². The van der Waals surface area contributed by atoms with Crippen LogP contribution in [0.5, 0.6) is 0 Å². The minimum Gasteiger partial charge on any atom is -0.445 e. The van der Waals surface area contributed by atoms with Gasteiger partial charge in [0.25, 0.3) is 10.1 Å². The van der Waals surface area contributed by atoms with Crippen molar-refractivity contribution in [3.63, 3.8) is 0 Å². The highest BCUT2D eigenvalue weighted by molar-refractivity contribution is 7.85. The molecular weight excluding hydrogens is 440 g/mol. The Bertz CT molecular complexity index is 870. The number of rotatable bonds is 8. The van der Waals surface area contributed by atoms with E-state index < -0.39 is 46.0 Å². The Hall–Kier alpha value is -2.37. The second-order valence-corrected chi connectivity index (χ2v) is 10.4. The second-order valence-electron chi connectivity index (χ2n) is 8.74. The number of aliphatic hydroxyl groups excluding tert-OH is 1. The van der Waals surface area contributed by atoms with E-state index in [1.54, 1.807) is 20.8 Å². The largest absolute Gasteiger partial charge is 0.445 e. The van der Waals surface area contributed by atoms with Gasteiger partial charge in [-0.15, -0.1) is 0 Å². The smallest absolute Gasteiger partial charge is 0.410 e. The van der Waals surface area contributed by atoms with Crippen molar-refractivity contribution < 1.29 is 36.8 Å². The Balaban J connectivity index is 2.01. The summed E-state index contributed by atoms with van der Waals surface area (Å²) in [6.07, 6.45) is -1.21. The van der Waals surface area contributed by atoms with Crippen molar-refractivity contribution in [2.75, 3.05) is 26.0 Å².